The van der Waals surface area contributed by atoms with Crippen LogP contribution in [0.15, 0.2) is 58.7 Å². The van der Waals surface area contributed by atoms with Crippen molar-refractivity contribution in [2.45, 2.75) is 6.92 Å². The van der Waals surface area contributed by atoms with Crippen LogP contribution in [0.1, 0.15) is 22.8 Å². The van der Waals surface area contributed by atoms with Gasteiger partial charge in [0.1, 0.15) is 0 Å². The Labute approximate surface area is 155 Å². The molecule has 3 rings (SSSR count). The summed E-state index contributed by atoms with van der Waals surface area (Å²) < 4.78 is 4.73. The number of amidine groups is 1. The molecule has 6 nitrogen and oxygen atoms in total. The average Bonchev–Trinajstić information content (AvgIpc) is 2.96. The van der Waals surface area contributed by atoms with E-state index in [1.54, 1.807) is 47.6 Å². The minimum absolute atomic E-state index is 0.0933. The number of aromatic nitrogens is 1. The number of hydrogen-bond donors (Lipinski definition) is 0. The molecule has 1 fully saturated rings. The third kappa shape index (κ3) is 3.83. The monoisotopic (exact) mass is 367 g/mol. The van der Waals surface area contributed by atoms with Crippen molar-refractivity contribution in [1.29, 1.82) is 0 Å². The number of carbonyl (C=O) groups is 2. The highest BCUT2D eigenvalue weighted by molar-refractivity contribution is 8.18. The molecule has 1 aromatic carbocycles. The molecule has 0 N–H and O–H groups in total. The van der Waals surface area contributed by atoms with E-state index in [2.05, 4.69) is 9.98 Å². The summed E-state index contributed by atoms with van der Waals surface area (Å²) in [6, 6.07) is 10.5. The quantitative estimate of drug-likeness (QED) is 0.611. The number of methoxy groups -OCH3 is 1. The summed E-state index contributed by atoms with van der Waals surface area (Å²) in [5.41, 5.74) is 1.86. The Morgan fingerprint density at radius 3 is 2.88 bits per heavy atom. The van der Waals surface area contributed by atoms with Crippen molar-refractivity contribution in [2.24, 2.45) is 4.99 Å². The second-order valence-corrected chi connectivity index (χ2v) is 6.39. The smallest absolute Gasteiger partial charge is 0.337 e. The molecule has 7 heteroatoms. The first-order valence-electron chi connectivity index (χ1n) is 8.01. The van der Waals surface area contributed by atoms with Crippen molar-refractivity contribution >= 4 is 40.6 Å². The van der Waals surface area contributed by atoms with Crippen molar-refractivity contribution in [3.05, 3.63) is 64.8 Å². The summed E-state index contributed by atoms with van der Waals surface area (Å²) in [6.45, 7) is 2.40. The van der Waals surface area contributed by atoms with Crippen molar-refractivity contribution in [1.82, 2.24) is 9.88 Å². The van der Waals surface area contributed by atoms with Crippen molar-refractivity contribution in [2.75, 3.05) is 13.7 Å². The summed E-state index contributed by atoms with van der Waals surface area (Å²) in [5, 5.41) is 0.578. The van der Waals surface area contributed by atoms with E-state index >= 15 is 0 Å². The number of pyridine rings is 1. The Bertz CT molecular complexity index is 894. The van der Waals surface area contributed by atoms with Crippen molar-refractivity contribution < 1.29 is 14.3 Å². The van der Waals surface area contributed by atoms with Crippen LogP contribution in [-0.2, 0) is 9.53 Å². The van der Waals surface area contributed by atoms with E-state index in [1.807, 2.05) is 19.1 Å². The van der Waals surface area contributed by atoms with Crippen LogP contribution in [0.3, 0.4) is 0 Å². The fourth-order valence-electron chi connectivity index (χ4n) is 2.41. The summed E-state index contributed by atoms with van der Waals surface area (Å²) >= 11 is 1.30. The molecule has 1 aliphatic heterocycles. The Morgan fingerprint density at radius 1 is 1.35 bits per heavy atom. The molecule has 0 spiro atoms. The Balaban J connectivity index is 1.92. The molecule has 2 aromatic rings. The van der Waals surface area contributed by atoms with Gasteiger partial charge in [0.25, 0.3) is 5.91 Å². The van der Waals surface area contributed by atoms with Crippen molar-refractivity contribution in [3.8, 4) is 0 Å². The third-order valence-corrected chi connectivity index (χ3v) is 4.69. The zero-order chi connectivity index (χ0) is 18.5. The molecule has 132 valence electrons. The van der Waals surface area contributed by atoms with Gasteiger partial charge in [0, 0.05) is 18.9 Å². The van der Waals surface area contributed by atoms with Gasteiger partial charge in [0.05, 0.1) is 23.3 Å². The topological polar surface area (TPSA) is 71.9 Å². The van der Waals surface area contributed by atoms with Crippen LogP contribution in [0.2, 0.25) is 0 Å². The normalized spacial score (nSPS) is 17.2. The van der Waals surface area contributed by atoms with Crippen LogP contribution in [0.5, 0.6) is 0 Å². The van der Waals surface area contributed by atoms with E-state index in [0.29, 0.717) is 27.9 Å². The highest BCUT2D eigenvalue weighted by atomic mass is 32.2. The van der Waals surface area contributed by atoms with E-state index < -0.39 is 5.97 Å². The van der Waals surface area contributed by atoms with Gasteiger partial charge in [-0.1, -0.05) is 12.1 Å². The second kappa shape index (κ2) is 7.97. The number of amides is 1. The number of likely N-dealkylation sites (N-methyl/N-ethyl adjacent to an activating group) is 1. The van der Waals surface area contributed by atoms with Gasteiger partial charge in [-0.25, -0.2) is 9.79 Å². The number of ether oxygens (including phenoxy) is 1. The van der Waals surface area contributed by atoms with Gasteiger partial charge < -0.3 is 4.74 Å². The van der Waals surface area contributed by atoms with Crippen LogP contribution in [0, 0.1) is 0 Å². The molecule has 0 unspecified atom stereocenters. The molecule has 0 atom stereocenters. The molecule has 1 aliphatic rings. The van der Waals surface area contributed by atoms with E-state index in [0.717, 1.165) is 5.56 Å². The fraction of sp³-hybridized carbons (Fsp3) is 0.158. The lowest BCUT2D eigenvalue weighted by molar-refractivity contribution is -0.122. The first-order chi connectivity index (χ1) is 12.6. The standard InChI is InChI=1S/C19H17N3O3S/c1-3-22-17(23)16(10-13-6-5-9-20-12-13)26-19(22)21-15-8-4-7-14(11-15)18(24)25-2/h4-12H,3H2,1-2H3. The third-order valence-electron chi connectivity index (χ3n) is 3.68. The number of rotatable bonds is 4. The molecule has 2 heterocycles. The highest BCUT2D eigenvalue weighted by Crippen LogP contribution is 2.34. The number of hydrogen-bond acceptors (Lipinski definition) is 6. The summed E-state index contributed by atoms with van der Waals surface area (Å²) in [6.07, 6.45) is 5.19. The zero-order valence-corrected chi connectivity index (χ0v) is 15.2. The first-order valence-corrected chi connectivity index (χ1v) is 8.82. The molecule has 26 heavy (non-hydrogen) atoms. The van der Waals surface area contributed by atoms with E-state index in [1.165, 1.54) is 18.9 Å². The van der Waals surface area contributed by atoms with Crippen LogP contribution < -0.4 is 0 Å². The maximum Gasteiger partial charge on any atom is 0.337 e. The first kappa shape index (κ1) is 17.9. The number of aliphatic imine (C=N–C) groups is 1. The van der Waals surface area contributed by atoms with Gasteiger partial charge in [0.15, 0.2) is 5.17 Å². The lowest BCUT2D eigenvalue weighted by atomic mass is 10.2. The second-order valence-electron chi connectivity index (χ2n) is 5.38. The van der Waals surface area contributed by atoms with Crippen LogP contribution in [-0.4, -0.2) is 40.6 Å². The average molecular weight is 367 g/mol. The molecule has 1 amide bonds. The highest BCUT2D eigenvalue weighted by Gasteiger charge is 2.32. The summed E-state index contributed by atoms with van der Waals surface area (Å²) in [4.78, 5) is 35.1. The molecular weight excluding hydrogens is 350 g/mol. The molecule has 0 bridgehead atoms. The molecular formula is C19H17N3O3S. The molecule has 0 saturated carbocycles. The van der Waals surface area contributed by atoms with E-state index in [-0.39, 0.29) is 5.91 Å². The van der Waals surface area contributed by atoms with Gasteiger partial charge in [-0.05, 0) is 54.6 Å². The Kier molecular flexibility index (Phi) is 5.48. The lowest BCUT2D eigenvalue weighted by Gasteiger charge is -2.12. The molecule has 0 aliphatic carbocycles. The summed E-state index contributed by atoms with van der Waals surface area (Å²) in [7, 11) is 1.33. The fourth-order valence-corrected chi connectivity index (χ4v) is 3.48. The maximum atomic E-state index is 12.6. The SMILES string of the molecule is CCN1C(=O)C(=Cc2cccnc2)SC1=Nc1cccc(C(=O)OC)c1. The lowest BCUT2D eigenvalue weighted by Crippen LogP contribution is -2.28. The van der Waals surface area contributed by atoms with Crippen LogP contribution >= 0.6 is 11.8 Å². The van der Waals surface area contributed by atoms with Gasteiger partial charge in [-0.15, -0.1) is 0 Å². The molecule has 1 saturated heterocycles. The van der Waals surface area contributed by atoms with Crippen molar-refractivity contribution in [3.63, 3.8) is 0 Å². The minimum atomic E-state index is -0.424. The predicted octanol–water partition coefficient (Wildman–Crippen LogP) is 3.49. The maximum absolute atomic E-state index is 12.6. The number of nitrogens with zero attached hydrogens (tertiary/aromatic N) is 3. The number of esters is 1. The van der Waals surface area contributed by atoms with Gasteiger partial charge in [-0.2, -0.15) is 0 Å². The predicted molar refractivity (Wildman–Crippen MR) is 102 cm³/mol. The number of carbonyl (C=O) groups excluding carboxylic acids is 2. The van der Waals surface area contributed by atoms with Crippen LogP contribution in [0.4, 0.5) is 5.69 Å². The van der Waals surface area contributed by atoms with Crippen LogP contribution in [0.25, 0.3) is 6.08 Å². The molecule has 1 aromatic heterocycles. The molecule has 0 radical (unpaired) electrons. The van der Waals surface area contributed by atoms with E-state index in [9.17, 15) is 9.59 Å². The Morgan fingerprint density at radius 2 is 2.19 bits per heavy atom. The number of thioether (sulfide) groups is 1. The van der Waals surface area contributed by atoms with Gasteiger partial charge in [0.2, 0.25) is 0 Å². The minimum Gasteiger partial charge on any atom is -0.465 e. The van der Waals surface area contributed by atoms with Gasteiger partial charge in [-0.3, -0.25) is 14.7 Å². The Hall–Kier alpha value is -2.93. The largest absolute Gasteiger partial charge is 0.465 e. The summed E-state index contributed by atoms with van der Waals surface area (Å²) in [5.74, 6) is -0.518. The van der Waals surface area contributed by atoms with E-state index in [4.69, 9.17) is 4.74 Å². The number of benzene rings is 1. The van der Waals surface area contributed by atoms with Gasteiger partial charge >= 0.3 is 5.97 Å². The zero-order valence-electron chi connectivity index (χ0n) is 14.4.